The Kier molecular flexibility index (Phi) is 4.46. The third-order valence-electron chi connectivity index (χ3n) is 2.30. The van der Waals surface area contributed by atoms with Crippen molar-refractivity contribution in [3.63, 3.8) is 0 Å². The summed E-state index contributed by atoms with van der Waals surface area (Å²) in [6.45, 7) is 3.08. The monoisotopic (exact) mass is 196 g/mol. The van der Waals surface area contributed by atoms with Crippen LogP contribution < -0.4 is 11.1 Å². The molecule has 1 atom stereocenters. The van der Waals surface area contributed by atoms with Crippen molar-refractivity contribution in [2.45, 2.75) is 32.2 Å². The first kappa shape index (κ1) is 11.0. The second-order valence-electron chi connectivity index (χ2n) is 3.60. The van der Waals surface area contributed by atoms with Crippen LogP contribution in [0.5, 0.6) is 0 Å². The Morgan fingerprint density at radius 3 is 2.93 bits per heavy atom. The highest BCUT2D eigenvalue weighted by Gasteiger charge is 2.01. The maximum Gasteiger partial charge on any atom is 0.123 e. The van der Waals surface area contributed by atoms with E-state index in [0.29, 0.717) is 6.04 Å². The van der Waals surface area contributed by atoms with Crippen LogP contribution in [-0.4, -0.2) is 22.4 Å². The molecular formula is C10H20N4. The number of nitrogens with zero attached hydrogens (tertiary/aromatic N) is 2. The molecule has 1 aromatic heterocycles. The van der Waals surface area contributed by atoms with E-state index >= 15 is 0 Å². The molecule has 0 spiro atoms. The molecule has 0 radical (unpaired) electrons. The highest BCUT2D eigenvalue weighted by Crippen LogP contribution is 2.04. The lowest BCUT2D eigenvalue weighted by molar-refractivity contribution is 0.573. The van der Waals surface area contributed by atoms with Crippen molar-refractivity contribution >= 4 is 5.82 Å². The predicted octanol–water partition coefficient (Wildman–Crippen LogP) is 1.35. The molecule has 0 saturated heterocycles. The van der Waals surface area contributed by atoms with E-state index in [4.69, 9.17) is 5.73 Å². The van der Waals surface area contributed by atoms with Gasteiger partial charge in [-0.25, -0.2) is 0 Å². The number of anilines is 1. The fourth-order valence-corrected chi connectivity index (χ4v) is 1.45. The van der Waals surface area contributed by atoms with Crippen molar-refractivity contribution in [1.82, 2.24) is 9.78 Å². The Labute approximate surface area is 85.5 Å². The molecule has 0 aromatic carbocycles. The Morgan fingerprint density at radius 2 is 2.36 bits per heavy atom. The fourth-order valence-electron chi connectivity index (χ4n) is 1.45. The van der Waals surface area contributed by atoms with Crippen LogP contribution in [-0.2, 0) is 7.05 Å². The van der Waals surface area contributed by atoms with Crippen molar-refractivity contribution in [2.24, 2.45) is 12.8 Å². The van der Waals surface area contributed by atoms with Gasteiger partial charge in [-0.05, 0) is 12.8 Å². The molecule has 0 saturated carbocycles. The van der Waals surface area contributed by atoms with E-state index in [1.54, 1.807) is 6.20 Å². The fraction of sp³-hybridized carbons (Fsp3) is 0.700. The lowest BCUT2D eigenvalue weighted by atomic mass is 10.1. The molecule has 3 N–H and O–H groups in total. The molecule has 1 heterocycles. The van der Waals surface area contributed by atoms with Crippen molar-refractivity contribution < 1.29 is 0 Å². The molecule has 0 bridgehead atoms. The molecule has 1 aromatic rings. The zero-order valence-corrected chi connectivity index (χ0v) is 9.03. The first-order chi connectivity index (χ1) is 6.74. The highest BCUT2D eigenvalue weighted by atomic mass is 15.3. The summed E-state index contributed by atoms with van der Waals surface area (Å²) < 4.78 is 1.82. The minimum atomic E-state index is 0.320. The third-order valence-corrected chi connectivity index (χ3v) is 2.30. The number of nitrogens with two attached hydrogens (primary N) is 1. The molecular weight excluding hydrogens is 176 g/mol. The van der Waals surface area contributed by atoms with Crippen LogP contribution in [0, 0.1) is 0 Å². The number of aryl methyl sites for hydroxylation is 1. The summed E-state index contributed by atoms with van der Waals surface area (Å²) >= 11 is 0. The van der Waals surface area contributed by atoms with E-state index in [0.717, 1.165) is 31.6 Å². The van der Waals surface area contributed by atoms with Gasteiger partial charge in [0.1, 0.15) is 5.82 Å². The van der Waals surface area contributed by atoms with Gasteiger partial charge in [0.05, 0.1) is 6.20 Å². The van der Waals surface area contributed by atoms with E-state index in [-0.39, 0.29) is 0 Å². The Morgan fingerprint density at radius 1 is 1.57 bits per heavy atom. The van der Waals surface area contributed by atoms with Crippen molar-refractivity contribution in [2.75, 3.05) is 11.9 Å². The molecule has 1 rings (SSSR count). The van der Waals surface area contributed by atoms with Gasteiger partial charge in [0, 0.05) is 25.7 Å². The quantitative estimate of drug-likeness (QED) is 0.722. The summed E-state index contributed by atoms with van der Waals surface area (Å²) in [6.07, 6.45) is 5.06. The van der Waals surface area contributed by atoms with Crippen LogP contribution >= 0.6 is 0 Å². The van der Waals surface area contributed by atoms with Crippen LogP contribution in [0.4, 0.5) is 5.82 Å². The minimum Gasteiger partial charge on any atom is -0.370 e. The van der Waals surface area contributed by atoms with Gasteiger partial charge in [-0.2, -0.15) is 5.10 Å². The van der Waals surface area contributed by atoms with Gasteiger partial charge >= 0.3 is 0 Å². The predicted molar refractivity (Wildman–Crippen MR) is 59.2 cm³/mol. The lowest BCUT2D eigenvalue weighted by Crippen LogP contribution is -2.23. The largest absolute Gasteiger partial charge is 0.370 e. The second kappa shape index (κ2) is 5.65. The Balaban J connectivity index is 2.19. The summed E-state index contributed by atoms with van der Waals surface area (Å²) in [6, 6.07) is 2.28. The van der Waals surface area contributed by atoms with Crippen molar-refractivity contribution in [1.29, 1.82) is 0 Å². The van der Waals surface area contributed by atoms with Gasteiger partial charge < -0.3 is 11.1 Å². The normalized spacial score (nSPS) is 12.8. The molecule has 0 fully saturated rings. The Hall–Kier alpha value is -1.03. The first-order valence-electron chi connectivity index (χ1n) is 5.21. The number of rotatable bonds is 6. The lowest BCUT2D eigenvalue weighted by Gasteiger charge is -2.11. The van der Waals surface area contributed by atoms with Gasteiger partial charge in [0.2, 0.25) is 0 Å². The first-order valence-corrected chi connectivity index (χ1v) is 5.21. The number of nitrogens with one attached hydrogen (secondary N) is 1. The minimum absolute atomic E-state index is 0.320. The number of hydrogen-bond acceptors (Lipinski definition) is 3. The molecule has 14 heavy (non-hydrogen) atoms. The Bertz CT molecular complexity index is 256. The van der Waals surface area contributed by atoms with Gasteiger partial charge in [-0.3, -0.25) is 4.68 Å². The smallest absolute Gasteiger partial charge is 0.123 e. The molecule has 0 aliphatic carbocycles. The van der Waals surface area contributed by atoms with Crippen LogP contribution in [0.25, 0.3) is 0 Å². The summed E-state index contributed by atoms with van der Waals surface area (Å²) in [5.41, 5.74) is 5.90. The summed E-state index contributed by atoms with van der Waals surface area (Å²) in [7, 11) is 1.92. The van der Waals surface area contributed by atoms with E-state index in [1.165, 1.54) is 0 Å². The molecule has 80 valence electrons. The van der Waals surface area contributed by atoms with Gasteiger partial charge in [-0.15, -0.1) is 0 Å². The van der Waals surface area contributed by atoms with Crippen LogP contribution in [0.15, 0.2) is 12.3 Å². The highest BCUT2D eigenvalue weighted by molar-refractivity contribution is 5.33. The number of hydrogen-bond donors (Lipinski definition) is 2. The van der Waals surface area contributed by atoms with E-state index in [9.17, 15) is 0 Å². The number of aromatic nitrogens is 2. The molecule has 0 aliphatic rings. The molecule has 0 aliphatic heterocycles. The third kappa shape index (κ3) is 3.38. The van der Waals surface area contributed by atoms with E-state index < -0.39 is 0 Å². The maximum atomic E-state index is 5.90. The summed E-state index contributed by atoms with van der Waals surface area (Å²) in [5.74, 6) is 1.05. The van der Waals surface area contributed by atoms with Gasteiger partial charge in [0.15, 0.2) is 0 Å². The van der Waals surface area contributed by atoms with Gasteiger partial charge in [0.25, 0.3) is 0 Å². The molecule has 1 unspecified atom stereocenters. The maximum absolute atomic E-state index is 5.90. The average molecular weight is 196 g/mol. The summed E-state index contributed by atoms with van der Waals surface area (Å²) in [5, 5.41) is 7.38. The van der Waals surface area contributed by atoms with Crippen LogP contribution in [0.2, 0.25) is 0 Å². The standard InChI is InChI=1S/C10H20N4/c1-3-4-9(11)5-7-12-10-6-8-13-14(10)2/h6,8-9,12H,3-5,7,11H2,1-2H3. The molecule has 4 heteroatoms. The molecule has 4 nitrogen and oxygen atoms in total. The van der Waals surface area contributed by atoms with Crippen molar-refractivity contribution in [3.05, 3.63) is 12.3 Å². The van der Waals surface area contributed by atoms with E-state index in [1.807, 2.05) is 17.8 Å². The van der Waals surface area contributed by atoms with Gasteiger partial charge in [-0.1, -0.05) is 13.3 Å². The van der Waals surface area contributed by atoms with Crippen LogP contribution in [0.1, 0.15) is 26.2 Å². The van der Waals surface area contributed by atoms with E-state index in [2.05, 4.69) is 17.3 Å². The SMILES string of the molecule is CCCC(N)CCNc1ccnn1C. The zero-order valence-electron chi connectivity index (χ0n) is 9.03. The second-order valence-corrected chi connectivity index (χ2v) is 3.60. The van der Waals surface area contributed by atoms with Crippen LogP contribution in [0.3, 0.4) is 0 Å². The topological polar surface area (TPSA) is 55.9 Å². The average Bonchev–Trinajstić information content (AvgIpc) is 2.52. The zero-order chi connectivity index (χ0) is 10.4. The molecule has 0 amide bonds. The summed E-state index contributed by atoms with van der Waals surface area (Å²) in [4.78, 5) is 0. The van der Waals surface area contributed by atoms with Crippen molar-refractivity contribution in [3.8, 4) is 0 Å².